The van der Waals surface area contributed by atoms with E-state index in [9.17, 15) is 8.78 Å². The average molecular weight is 268 g/mol. The minimum absolute atomic E-state index is 0.511. The van der Waals surface area contributed by atoms with Crippen molar-refractivity contribution in [3.05, 3.63) is 35.4 Å². The lowest BCUT2D eigenvalue weighted by molar-refractivity contribution is 0.264. The fraction of sp³-hybridized carbons (Fsp3) is 0.600. The van der Waals surface area contributed by atoms with Gasteiger partial charge in [0.25, 0.3) is 0 Å². The Kier molecular flexibility index (Phi) is 4.88. The Bertz CT molecular complexity index is 400. The van der Waals surface area contributed by atoms with Crippen molar-refractivity contribution in [2.45, 2.75) is 32.9 Å². The fourth-order valence-corrected chi connectivity index (χ4v) is 2.63. The third-order valence-electron chi connectivity index (χ3n) is 3.73. The Morgan fingerprint density at radius 2 is 1.95 bits per heavy atom. The zero-order valence-corrected chi connectivity index (χ0v) is 11.6. The lowest BCUT2D eigenvalue weighted by atomic mass is 10.1. The molecule has 1 fully saturated rings. The van der Waals surface area contributed by atoms with Gasteiger partial charge in [-0.15, -0.1) is 0 Å². The van der Waals surface area contributed by atoms with Crippen molar-refractivity contribution in [3.63, 3.8) is 0 Å². The third kappa shape index (κ3) is 4.25. The second kappa shape index (κ2) is 6.44. The molecule has 106 valence electrons. The predicted molar refractivity (Wildman–Crippen MR) is 72.9 cm³/mol. The molecule has 1 unspecified atom stereocenters. The molecule has 19 heavy (non-hydrogen) atoms. The maximum absolute atomic E-state index is 13.0. The van der Waals surface area contributed by atoms with Crippen LogP contribution >= 0.6 is 0 Å². The topological polar surface area (TPSA) is 15.3 Å². The molecule has 1 aliphatic rings. The number of likely N-dealkylation sites (tertiary alicyclic amines) is 1. The molecular formula is C15H22F2N2. The van der Waals surface area contributed by atoms with Crippen LogP contribution in [0.1, 0.15) is 25.8 Å². The van der Waals surface area contributed by atoms with E-state index < -0.39 is 11.6 Å². The Hall–Kier alpha value is -1.00. The number of nitrogens with zero attached hydrogens (tertiary/aromatic N) is 1. The standard InChI is InChI=1S/C15H22F2N2/c1-11(2)19-4-3-12(10-19)8-18-9-13-5-14(16)7-15(17)6-13/h5-7,11-12,18H,3-4,8-10H2,1-2H3. The summed E-state index contributed by atoms with van der Waals surface area (Å²) in [5.74, 6) is -0.381. The smallest absolute Gasteiger partial charge is 0.126 e. The second-order valence-corrected chi connectivity index (χ2v) is 5.65. The Morgan fingerprint density at radius 3 is 2.53 bits per heavy atom. The van der Waals surface area contributed by atoms with Crippen molar-refractivity contribution in [1.82, 2.24) is 10.2 Å². The van der Waals surface area contributed by atoms with Gasteiger partial charge in [-0.3, -0.25) is 0 Å². The van der Waals surface area contributed by atoms with Crippen molar-refractivity contribution in [2.24, 2.45) is 5.92 Å². The summed E-state index contributed by atoms with van der Waals surface area (Å²) in [6, 6.07) is 4.26. The molecule has 1 atom stereocenters. The first-order chi connectivity index (χ1) is 9.04. The summed E-state index contributed by atoms with van der Waals surface area (Å²) in [7, 11) is 0. The van der Waals surface area contributed by atoms with E-state index in [4.69, 9.17) is 0 Å². The number of benzene rings is 1. The first-order valence-electron chi connectivity index (χ1n) is 6.94. The largest absolute Gasteiger partial charge is 0.312 e. The van der Waals surface area contributed by atoms with E-state index in [2.05, 4.69) is 24.1 Å². The highest BCUT2D eigenvalue weighted by molar-refractivity contribution is 5.17. The molecule has 0 amide bonds. The summed E-state index contributed by atoms with van der Waals surface area (Å²) < 4.78 is 26.0. The van der Waals surface area contributed by atoms with Gasteiger partial charge in [0.1, 0.15) is 11.6 Å². The molecule has 2 nitrogen and oxygen atoms in total. The highest BCUT2D eigenvalue weighted by Gasteiger charge is 2.23. The zero-order chi connectivity index (χ0) is 13.8. The minimum atomic E-state index is -0.511. The summed E-state index contributed by atoms with van der Waals surface area (Å²) in [5.41, 5.74) is 0.663. The first kappa shape index (κ1) is 14.4. The molecule has 0 aromatic heterocycles. The van der Waals surface area contributed by atoms with Gasteiger partial charge in [-0.05, 0) is 57.0 Å². The molecule has 2 rings (SSSR count). The van der Waals surface area contributed by atoms with Crippen LogP contribution in [-0.4, -0.2) is 30.6 Å². The molecular weight excluding hydrogens is 246 g/mol. The molecule has 1 saturated heterocycles. The van der Waals surface area contributed by atoms with Crippen LogP contribution in [0.4, 0.5) is 8.78 Å². The van der Waals surface area contributed by atoms with Gasteiger partial charge in [0.15, 0.2) is 0 Å². The maximum Gasteiger partial charge on any atom is 0.126 e. The van der Waals surface area contributed by atoms with Gasteiger partial charge in [-0.25, -0.2) is 8.78 Å². The fourth-order valence-electron chi connectivity index (χ4n) is 2.63. The molecule has 1 aliphatic heterocycles. The Morgan fingerprint density at radius 1 is 1.26 bits per heavy atom. The van der Waals surface area contributed by atoms with Crippen molar-refractivity contribution >= 4 is 0 Å². The van der Waals surface area contributed by atoms with Crippen LogP contribution in [0.5, 0.6) is 0 Å². The first-order valence-corrected chi connectivity index (χ1v) is 6.94. The third-order valence-corrected chi connectivity index (χ3v) is 3.73. The second-order valence-electron chi connectivity index (χ2n) is 5.65. The molecule has 0 spiro atoms. The van der Waals surface area contributed by atoms with Crippen LogP contribution in [0.3, 0.4) is 0 Å². The van der Waals surface area contributed by atoms with Gasteiger partial charge < -0.3 is 10.2 Å². The van der Waals surface area contributed by atoms with Crippen LogP contribution in [-0.2, 0) is 6.54 Å². The monoisotopic (exact) mass is 268 g/mol. The summed E-state index contributed by atoms with van der Waals surface area (Å²) in [6.07, 6.45) is 1.20. The average Bonchev–Trinajstić information content (AvgIpc) is 2.76. The van der Waals surface area contributed by atoms with Crippen LogP contribution in [0.2, 0.25) is 0 Å². The van der Waals surface area contributed by atoms with Crippen LogP contribution in [0, 0.1) is 17.6 Å². The Balaban J connectivity index is 1.75. The van der Waals surface area contributed by atoms with Gasteiger partial charge in [0, 0.05) is 25.2 Å². The number of hydrogen-bond donors (Lipinski definition) is 1. The predicted octanol–water partition coefficient (Wildman–Crippen LogP) is 2.78. The summed E-state index contributed by atoms with van der Waals surface area (Å²) in [4.78, 5) is 2.47. The number of halogens is 2. The molecule has 1 aromatic carbocycles. The summed E-state index contributed by atoms with van der Waals surface area (Å²) >= 11 is 0. The summed E-state index contributed by atoms with van der Waals surface area (Å²) in [6.45, 7) is 8.12. The van der Waals surface area contributed by atoms with Crippen molar-refractivity contribution in [3.8, 4) is 0 Å². The molecule has 0 aliphatic carbocycles. The Labute approximate surface area is 113 Å². The molecule has 1 N–H and O–H groups in total. The van der Waals surface area contributed by atoms with Gasteiger partial charge in [-0.2, -0.15) is 0 Å². The minimum Gasteiger partial charge on any atom is -0.312 e. The van der Waals surface area contributed by atoms with E-state index in [1.54, 1.807) is 0 Å². The van der Waals surface area contributed by atoms with E-state index in [-0.39, 0.29) is 0 Å². The quantitative estimate of drug-likeness (QED) is 0.883. The molecule has 0 radical (unpaired) electrons. The lowest BCUT2D eigenvalue weighted by Crippen LogP contribution is -2.30. The van der Waals surface area contributed by atoms with E-state index in [0.29, 0.717) is 24.1 Å². The molecule has 0 bridgehead atoms. The highest BCUT2D eigenvalue weighted by Crippen LogP contribution is 2.17. The van der Waals surface area contributed by atoms with Crippen molar-refractivity contribution < 1.29 is 8.78 Å². The molecule has 1 aromatic rings. The summed E-state index contributed by atoms with van der Waals surface area (Å²) in [5, 5.41) is 3.30. The maximum atomic E-state index is 13.0. The van der Waals surface area contributed by atoms with E-state index >= 15 is 0 Å². The lowest BCUT2D eigenvalue weighted by Gasteiger charge is -2.20. The number of rotatable bonds is 5. The van der Waals surface area contributed by atoms with Crippen LogP contribution in [0.15, 0.2) is 18.2 Å². The van der Waals surface area contributed by atoms with E-state index in [0.717, 1.165) is 25.7 Å². The molecule has 4 heteroatoms. The zero-order valence-electron chi connectivity index (χ0n) is 11.6. The van der Waals surface area contributed by atoms with Gasteiger partial charge in [-0.1, -0.05) is 0 Å². The van der Waals surface area contributed by atoms with E-state index in [1.165, 1.54) is 18.6 Å². The SMILES string of the molecule is CC(C)N1CCC(CNCc2cc(F)cc(F)c2)C1. The molecule has 0 saturated carbocycles. The van der Waals surface area contributed by atoms with Gasteiger partial charge in [0.2, 0.25) is 0 Å². The van der Waals surface area contributed by atoms with Gasteiger partial charge in [0.05, 0.1) is 0 Å². The van der Waals surface area contributed by atoms with Crippen LogP contribution < -0.4 is 5.32 Å². The van der Waals surface area contributed by atoms with Crippen molar-refractivity contribution in [2.75, 3.05) is 19.6 Å². The molecule has 1 heterocycles. The highest BCUT2D eigenvalue weighted by atomic mass is 19.1. The van der Waals surface area contributed by atoms with Crippen molar-refractivity contribution in [1.29, 1.82) is 0 Å². The number of hydrogen-bond acceptors (Lipinski definition) is 2. The van der Waals surface area contributed by atoms with Gasteiger partial charge >= 0.3 is 0 Å². The van der Waals surface area contributed by atoms with Crippen LogP contribution in [0.25, 0.3) is 0 Å². The normalized spacial score (nSPS) is 20.4. The number of nitrogens with one attached hydrogen (secondary N) is 1. The van der Waals surface area contributed by atoms with E-state index in [1.807, 2.05) is 0 Å².